The number of benzene rings is 3. The van der Waals surface area contributed by atoms with Crippen LogP contribution in [0.15, 0.2) is 72.8 Å². The first kappa shape index (κ1) is 21.1. The molecule has 0 radical (unpaired) electrons. The molecule has 2 atom stereocenters. The van der Waals surface area contributed by atoms with Crippen LogP contribution in [0, 0.1) is 6.92 Å². The quantitative estimate of drug-likeness (QED) is 0.601. The van der Waals surface area contributed by atoms with Crippen LogP contribution >= 0.6 is 0 Å². The fourth-order valence-electron chi connectivity index (χ4n) is 4.74. The van der Waals surface area contributed by atoms with Gasteiger partial charge in [-0.05, 0) is 50.1 Å². The van der Waals surface area contributed by atoms with Crippen molar-refractivity contribution in [1.82, 2.24) is 10.6 Å². The standard InChI is InChI=1S/C27H27N3O3/c1-18-11-12-24-22(15-18)23-17-27(2,33-24)30(26(32)29-23)21-10-6-9-20(16-21)25(31)28-14-13-19-7-4-3-5-8-19/h3-12,15-16,23H,13-14,17H2,1-2H3,(H,28,31)(H,29,32). The van der Waals surface area contributed by atoms with Crippen LogP contribution in [-0.2, 0) is 6.42 Å². The molecule has 2 unspecified atom stereocenters. The average molecular weight is 442 g/mol. The minimum absolute atomic E-state index is 0.105. The summed E-state index contributed by atoms with van der Waals surface area (Å²) in [5.41, 5.74) is 3.59. The molecule has 168 valence electrons. The van der Waals surface area contributed by atoms with E-state index in [1.165, 1.54) is 5.56 Å². The molecule has 2 heterocycles. The predicted molar refractivity (Wildman–Crippen MR) is 128 cm³/mol. The molecular weight excluding hydrogens is 414 g/mol. The number of urea groups is 1. The van der Waals surface area contributed by atoms with Crippen LogP contribution in [0.5, 0.6) is 5.75 Å². The molecule has 2 bridgehead atoms. The molecule has 1 fully saturated rings. The molecule has 3 aromatic carbocycles. The Bertz CT molecular complexity index is 1210. The molecule has 2 aliphatic rings. The van der Waals surface area contributed by atoms with Gasteiger partial charge in [-0.25, -0.2) is 4.79 Å². The highest BCUT2D eigenvalue weighted by Crippen LogP contribution is 2.45. The SMILES string of the molecule is Cc1ccc2c(c1)C1CC(C)(O2)N(c2cccc(C(=O)NCCc3ccccc3)c2)C(=O)N1. The van der Waals surface area contributed by atoms with Crippen molar-refractivity contribution in [3.63, 3.8) is 0 Å². The number of carbonyl (C=O) groups excluding carboxylic acids is 2. The third-order valence-electron chi connectivity index (χ3n) is 6.34. The number of hydrogen-bond acceptors (Lipinski definition) is 3. The lowest BCUT2D eigenvalue weighted by molar-refractivity contribution is 0.0378. The van der Waals surface area contributed by atoms with E-state index in [1.807, 2.05) is 62.4 Å². The van der Waals surface area contributed by atoms with Crippen LogP contribution in [-0.4, -0.2) is 24.2 Å². The Hall–Kier alpha value is -3.80. The van der Waals surface area contributed by atoms with Crippen molar-refractivity contribution < 1.29 is 14.3 Å². The molecule has 0 aliphatic carbocycles. The van der Waals surface area contributed by atoms with Crippen molar-refractivity contribution in [2.45, 2.75) is 38.5 Å². The maximum atomic E-state index is 13.2. The zero-order chi connectivity index (χ0) is 23.0. The van der Waals surface area contributed by atoms with E-state index in [1.54, 1.807) is 23.1 Å². The second-order valence-corrected chi connectivity index (χ2v) is 8.90. The summed E-state index contributed by atoms with van der Waals surface area (Å²) in [4.78, 5) is 27.6. The summed E-state index contributed by atoms with van der Waals surface area (Å²) < 4.78 is 6.36. The van der Waals surface area contributed by atoms with Gasteiger partial charge >= 0.3 is 6.03 Å². The van der Waals surface area contributed by atoms with E-state index >= 15 is 0 Å². The molecule has 2 aliphatic heterocycles. The van der Waals surface area contributed by atoms with Gasteiger partial charge in [-0.1, -0.05) is 54.1 Å². The van der Waals surface area contributed by atoms with Crippen molar-refractivity contribution in [3.05, 3.63) is 95.1 Å². The molecule has 33 heavy (non-hydrogen) atoms. The first-order valence-corrected chi connectivity index (χ1v) is 11.3. The number of amides is 3. The van der Waals surface area contributed by atoms with Crippen molar-refractivity contribution in [1.29, 1.82) is 0 Å². The first-order chi connectivity index (χ1) is 15.9. The highest BCUT2D eigenvalue weighted by molar-refractivity contribution is 5.99. The van der Waals surface area contributed by atoms with Gasteiger partial charge in [-0.3, -0.25) is 9.69 Å². The molecule has 6 nitrogen and oxygen atoms in total. The van der Waals surface area contributed by atoms with Gasteiger partial charge in [0.05, 0.1) is 11.7 Å². The number of anilines is 1. The van der Waals surface area contributed by atoms with Gasteiger partial charge in [0.1, 0.15) is 5.75 Å². The fourth-order valence-corrected chi connectivity index (χ4v) is 4.74. The monoisotopic (exact) mass is 441 g/mol. The van der Waals surface area contributed by atoms with Gasteiger partial charge in [-0.2, -0.15) is 0 Å². The Labute approximate surface area is 193 Å². The number of carbonyl (C=O) groups is 2. The Morgan fingerprint density at radius 2 is 1.94 bits per heavy atom. The van der Waals surface area contributed by atoms with Crippen LogP contribution < -0.4 is 20.3 Å². The second kappa shape index (κ2) is 8.28. The number of nitrogens with zero attached hydrogens (tertiary/aromatic N) is 1. The lowest BCUT2D eigenvalue weighted by atomic mass is 9.89. The molecule has 0 aromatic heterocycles. The molecule has 0 spiro atoms. The van der Waals surface area contributed by atoms with Gasteiger partial charge < -0.3 is 15.4 Å². The minimum Gasteiger partial charge on any atom is -0.467 e. The highest BCUT2D eigenvalue weighted by Gasteiger charge is 2.49. The van der Waals surface area contributed by atoms with Gasteiger partial charge in [-0.15, -0.1) is 0 Å². The molecule has 3 amide bonds. The molecule has 5 rings (SSSR count). The van der Waals surface area contributed by atoms with E-state index in [0.29, 0.717) is 24.2 Å². The molecule has 2 N–H and O–H groups in total. The number of aryl methyl sites for hydroxylation is 1. The van der Waals surface area contributed by atoms with Crippen molar-refractivity contribution in [2.75, 3.05) is 11.4 Å². The lowest BCUT2D eigenvalue weighted by Gasteiger charge is -2.50. The zero-order valence-corrected chi connectivity index (χ0v) is 18.8. The van der Waals surface area contributed by atoms with Crippen molar-refractivity contribution >= 4 is 17.6 Å². The van der Waals surface area contributed by atoms with E-state index in [9.17, 15) is 9.59 Å². The van der Waals surface area contributed by atoms with Crippen LogP contribution in [0.4, 0.5) is 10.5 Å². The van der Waals surface area contributed by atoms with Crippen LogP contribution in [0.3, 0.4) is 0 Å². The minimum atomic E-state index is -0.850. The highest BCUT2D eigenvalue weighted by atomic mass is 16.5. The van der Waals surface area contributed by atoms with Gasteiger partial charge in [0, 0.05) is 24.1 Å². The molecule has 6 heteroatoms. The van der Waals surface area contributed by atoms with E-state index in [4.69, 9.17) is 4.74 Å². The summed E-state index contributed by atoms with van der Waals surface area (Å²) in [6.45, 7) is 4.49. The van der Waals surface area contributed by atoms with Crippen LogP contribution in [0.2, 0.25) is 0 Å². The second-order valence-electron chi connectivity index (χ2n) is 8.90. The average Bonchev–Trinajstić information content (AvgIpc) is 2.80. The third-order valence-corrected chi connectivity index (χ3v) is 6.34. The zero-order valence-electron chi connectivity index (χ0n) is 18.8. The molecule has 3 aromatic rings. The summed E-state index contributed by atoms with van der Waals surface area (Å²) in [7, 11) is 0. The van der Waals surface area contributed by atoms with Crippen molar-refractivity contribution in [3.8, 4) is 5.75 Å². The predicted octanol–water partition coefficient (Wildman–Crippen LogP) is 4.74. The Balaban J connectivity index is 1.35. The molecular formula is C27H27N3O3. The van der Waals surface area contributed by atoms with Gasteiger partial charge in [0.15, 0.2) is 5.72 Å². The van der Waals surface area contributed by atoms with Crippen LogP contribution in [0.1, 0.15) is 46.4 Å². The Morgan fingerprint density at radius 3 is 2.76 bits per heavy atom. The Kier molecular flexibility index (Phi) is 5.29. The van der Waals surface area contributed by atoms with E-state index < -0.39 is 5.72 Å². The topological polar surface area (TPSA) is 70.7 Å². The Morgan fingerprint density at radius 1 is 1.12 bits per heavy atom. The summed E-state index contributed by atoms with van der Waals surface area (Å²) in [6.07, 6.45) is 1.37. The summed E-state index contributed by atoms with van der Waals surface area (Å²) in [5.74, 6) is 0.609. The van der Waals surface area contributed by atoms with Crippen LogP contribution in [0.25, 0.3) is 0 Å². The lowest BCUT2D eigenvalue weighted by Crippen LogP contribution is -2.65. The maximum Gasteiger partial charge on any atom is 0.325 e. The summed E-state index contributed by atoms with van der Waals surface area (Å²) >= 11 is 0. The maximum absolute atomic E-state index is 13.2. The normalized spacial score (nSPS) is 21.0. The number of fused-ring (bicyclic) bond motifs is 4. The number of hydrogen-bond donors (Lipinski definition) is 2. The summed E-state index contributed by atoms with van der Waals surface area (Å²) in [5, 5.41) is 6.08. The fraction of sp³-hybridized carbons (Fsp3) is 0.259. The number of nitrogens with one attached hydrogen (secondary N) is 2. The molecule has 0 saturated carbocycles. The first-order valence-electron chi connectivity index (χ1n) is 11.3. The van der Waals surface area contributed by atoms with Gasteiger partial charge in [0.25, 0.3) is 5.91 Å². The number of ether oxygens (including phenoxy) is 1. The molecule has 1 saturated heterocycles. The smallest absolute Gasteiger partial charge is 0.325 e. The number of rotatable bonds is 5. The largest absolute Gasteiger partial charge is 0.467 e. The summed E-state index contributed by atoms with van der Waals surface area (Å²) in [6, 6.07) is 22.9. The van der Waals surface area contributed by atoms with E-state index in [2.05, 4.69) is 16.7 Å². The van der Waals surface area contributed by atoms with Gasteiger partial charge in [0.2, 0.25) is 0 Å². The van der Waals surface area contributed by atoms with E-state index in [-0.39, 0.29) is 18.0 Å². The van der Waals surface area contributed by atoms with Crippen molar-refractivity contribution in [2.24, 2.45) is 0 Å². The third kappa shape index (κ3) is 4.04. The van der Waals surface area contributed by atoms with E-state index in [0.717, 1.165) is 23.3 Å².